The van der Waals surface area contributed by atoms with Crippen LogP contribution in [0.1, 0.15) is 25.3 Å². The third-order valence-corrected chi connectivity index (χ3v) is 3.03. The molecular weight excluding hydrogens is 341 g/mol. The van der Waals surface area contributed by atoms with E-state index in [-0.39, 0.29) is 18.3 Å². The smallest absolute Gasteiger partial charge is 0.305 e. The number of nitrogens with one attached hydrogen (secondary N) is 1. The lowest BCUT2D eigenvalue weighted by molar-refractivity contribution is -0.143. The van der Waals surface area contributed by atoms with E-state index in [0.29, 0.717) is 25.1 Å². The molecule has 0 atom stereocenters. The van der Waals surface area contributed by atoms with Gasteiger partial charge in [-0.2, -0.15) is 0 Å². The van der Waals surface area contributed by atoms with Gasteiger partial charge in [0.2, 0.25) is 5.91 Å². The minimum atomic E-state index is -0.399. The highest BCUT2D eigenvalue weighted by Crippen LogP contribution is 2.16. The van der Waals surface area contributed by atoms with Gasteiger partial charge in [-0.15, -0.1) is 0 Å². The number of hydrogen-bond acceptors (Lipinski definition) is 3. The molecule has 1 amide bonds. The number of benzene rings is 1. The molecule has 1 aromatic rings. The molecule has 0 radical (unpaired) electrons. The first-order valence-electron chi connectivity index (χ1n) is 6.59. The Labute approximate surface area is 131 Å². The molecule has 1 rings (SSSR count). The molecule has 1 aromatic carbocycles. The van der Waals surface area contributed by atoms with E-state index in [1.54, 1.807) is 19.1 Å². The van der Waals surface area contributed by atoms with Crippen LogP contribution in [0.4, 0.5) is 4.39 Å². The van der Waals surface area contributed by atoms with Crippen molar-refractivity contribution in [2.45, 2.75) is 19.8 Å². The van der Waals surface area contributed by atoms with E-state index < -0.39 is 5.82 Å². The van der Waals surface area contributed by atoms with Crippen molar-refractivity contribution in [1.82, 2.24) is 5.32 Å². The summed E-state index contributed by atoms with van der Waals surface area (Å²) in [6.07, 6.45) is 3.43. The molecule has 114 valence electrons. The standard InChI is InChI=1S/C15H17BrFNO3/c1-2-21-15(20)4-3-9-18-14(19)8-5-11-10-12(16)6-7-13(11)17/h5-8,10H,2-4,9H2,1H3,(H,18,19)/b8-5+. The maximum absolute atomic E-state index is 13.4. The number of esters is 1. The largest absolute Gasteiger partial charge is 0.466 e. The lowest BCUT2D eigenvalue weighted by atomic mass is 10.2. The Hall–Kier alpha value is -1.69. The Kier molecular flexibility index (Phi) is 7.68. The predicted molar refractivity (Wildman–Crippen MR) is 82.0 cm³/mol. The molecule has 0 unspecified atom stereocenters. The third kappa shape index (κ3) is 7.04. The quantitative estimate of drug-likeness (QED) is 0.463. The Bertz CT molecular complexity index is 532. The number of hydrogen-bond donors (Lipinski definition) is 1. The van der Waals surface area contributed by atoms with Crippen LogP contribution in [0.2, 0.25) is 0 Å². The Morgan fingerprint density at radius 3 is 2.90 bits per heavy atom. The predicted octanol–water partition coefficient (Wildman–Crippen LogP) is 3.06. The normalized spacial score (nSPS) is 10.6. The first-order chi connectivity index (χ1) is 10.0. The van der Waals surface area contributed by atoms with E-state index in [0.717, 1.165) is 4.47 Å². The highest BCUT2D eigenvalue weighted by molar-refractivity contribution is 9.10. The van der Waals surface area contributed by atoms with Gasteiger partial charge in [0.25, 0.3) is 0 Å². The molecule has 0 spiro atoms. The minimum Gasteiger partial charge on any atom is -0.466 e. The number of carbonyl (C=O) groups excluding carboxylic acids is 2. The van der Waals surface area contributed by atoms with Gasteiger partial charge in [-0.25, -0.2) is 4.39 Å². The summed E-state index contributed by atoms with van der Waals surface area (Å²) in [6, 6.07) is 4.49. The average molecular weight is 358 g/mol. The zero-order chi connectivity index (χ0) is 15.7. The molecule has 0 aliphatic carbocycles. The Balaban J connectivity index is 2.35. The second kappa shape index (κ2) is 9.28. The molecule has 0 saturated heterocycles. The van der Waals surface area contributed by atoms with Gasteiger partial charge in [0.1, 0.15) is 5.82 Å². The van der Waals surface area contributed by atoms with Crippen LogP contribution in [0.25, 0.3) is 6.08 Å². The van der Waals surface area contributed by atoms with E-state index in [1.165, 1.54) is 18.2 Å². The van der Waals surface area contributed by atoms with Crippen molar-refractivity contribution in [2.24, 2.45) is 0 Å². The lowest BCUT2D eigenvalue weighted by Crippen LogP contribution is -2.22. The number of amides is 1. The van der Waals surface area contributed by atoms with Gasteiger partial charge in [-0.1, -0.05) is 15.9 Å². The van der Waals surface area contributed by atoms with Crippen molar-refractivity contribution >= 4 is 33.9 Å². The Morgan fingerprint density at radius 2 is 2.19 bits per heavy atom. The molecule has 6 heteroatoms. The summed E-state index contributed by atoms with van der Waals surface area (Å²) >= 11 is 3.24. The second-order valence-electron chi connectivity index (χ2n) is 4.20. The maximum atomic E-state index is 13.4. The van der Waals surface area contributed by atoms with Crippen molar-refractivity contribution < 1.29 is 18.7 Å². The topological polar surface area (TPSA) is 55.4 Å². The molecule has 0 aromatic heterocycles. The monoisotopic (exact) mass is 357 g/mol. The van der Waals surface area contributed by atoms with Crippen LogP contribution in [-0.2, 0) is 14.3 Å². The fourth-order valence-electron chi connectivity index (χ4n) is 1.54. The van der Waals surface area contributed by atoms with Crippen LogP contribution >= 0.6 is 15.9 Å². The molecule has 4 nitrogen and oxygen atoms in total. The zero-order valence-electron chi connectivity index (χ0n) is 11.7. The van der Waals surface area contributed by atoms with Crippen molar-refractivity contribution in [3.05, 3.63) is 40.1 Å². The second-order valence-corrected chi connectivity index (χ2v) is 5.11. The van der Waals surface area contributed by atoms with E-state index in [2.05, 4.69) is 21.2 Å². The van der Waals surface area contributed by atoms with E-state index >= 15 is 0 Å². The maximum Gasteiger partial charge on any atom is 0.305 e. The van der Waals surface area contributed by atoms with Crippen LogP contribution in [0, 0.1) is 5.82 Å². The van der Waals surface area contributed by atoms with Gasteiger partial charge in [0.05, 0.1) is 6.61 Å². The van der Waals surface area contributed by atoms with Crippen LogP contribution in [0.5, 0.6) is 0 Å². The van der Waals surface area contributed by atoms with Crippen LogP contribution in [0.15, 0.2) is 28.7 Å². The molecule has 21 heavy (non-hydrogen) atoms. The summed E-state index contributed by atoms with van der Waals surface area (Å²) in [7, 11) is 0. The van der Waals surface area contributed by atoms with Crippen LogP contribution in [0.3, 0.4) is 0 Å². The summed E-state index contributed by atoms with van der Waals surface area (Å²) < 4.78 is 18.9. The zero-order valence-corrected chi connectivity index (χ0v) is 13.3. The lowest BCUT2D eigenvalue weighted by Gasteiger charge is -2.03. The van der Waals surface area contributed by atoms with Gasteiger partial charge in [-0.05, 0) is 37.6 Å². The van der Waals surface area contributed by atoms with E-state index in [9.17, 15) is 14.0 Å². The number of rotatable bonds is 7. The van der Waals surface area contributed by atoms with Gasteiger partial charge >= 0.3 is 5.97 Å². The average Bonchev–Trinajstić information content (AvgIpc) is 2.45. The van der Waals surface area contributed by atoms with Gasteiger partial charge in [-0.3, -0.25) is 9.59 Å². The molecule has 0 aliphatic heterocycles. The van der Waals surface area contributed by atoms with Gasteiger partial charge < -0.3 is 10.1 Å². The molecule has 0 aliphatic rings. The molecule has 1 N–H and O–H groups in total. The first-order valence-corrected chi connectivity index (χ1v) is 7.38. The van der Waals surface area contributed by atoms with E-state index in [4.69, 9.17) is 4.74 Å². The number of halogens is 2. The molecule has 0 heterocycles. The van der Waals surface area contributed by atoms with Gasteiger partial charge in [0.15, 0.2) is 0 Å². The van der Waals surface area contributed by atoms with Crippen molar-refractivity contribution in [2.75, 3.05) is 13.2 Å². The van der Waals surface area contributed by atoms with Crippen molar-refractivity contribution in [1.29, 1.82) is 0 Å². The highest BCUT2D eigenvalue weighted by Gasteiger charge is 2.03. The summed E-state index contributed by atoms with van der Waals surface area (Å²) in [5, 5.41) is 2.62. The number of carbonyl (C=O) groups is 2. The van der Waals surface area contributed by atoms with Crippen LogP contribution in [-0.4, -0.2) is 25.0 Å². The third-order valence-electron chi connectivity index (χ3n) is 2.53. The van der Waals surface area contributed by atoms with Crippen LogP contribution < -0.4 is 5.32 Å². The molecule has 0 fully saturated rings. The highest BCUT2D eigenvalue weighted by atomic mass is 79.9. The van der Waals surface area contributed by atoms with E-state index in [1.807, 2.05) is 0 Å². The summed E-state index contributed by atoms with van der Waals surface area (Å²) in [4.78, 5) is 22.6. The summed E-state index contributed by atoms with van der Waals surface area (Å²) in [6.45, 7) is 2.46. The fourth-order valence-corrected chi connectivity index (χ4v) is 1.92. The molecule has 0 saturated carbocycles. The summed E-state index contributed by atoms with van der Waals surface area (Å²) in [5.41, 5.74) is 0.325. The molecular formula is C15H17BrFNO3. The number of ether oxygens (including phenoxy) is 1. The van der Waals surface area contributed by atoms with Crippen molar-refractivity contribution in [3.8, 4) is 0 Å². The van der Waals surface area contributed by atoms with Gasteiger partial charge in [0, 0.05) is 29.1 Å². The summed E-state index contributed by atoms with van der Waals surface area (Å²) in [5.74, 6) is -1.01. The minimum absolute atomic E-state index is 0.262. The SMILES string of the molecule is CCOC(=O)CCCNC(=O)/C=C/c1cc(Br)ccc1F. The fraction of sp³-hybridized carbons (Fsp3) is 0.333. The van der Waals surface area contributed by atoms with Crippen molar-refractivity contribution in [3.63, 3.8) is 0 Å². The Morgan fingerprint density at radius 1 is 1.43 bits per heavy atom. The molecule has 0 bridgehead atoms. The first kappa shape index (κ1) is 17.4.